The van der Waals surface area contributed by atoms with Gasteiger partial charge in [0.05, 0.1) is 6.42 Å². The number of aliphatic carboxylic acids is 3. The van der Waals surface area contributed by atoms with Crippen molar-refractivity contribution in [2.24, 2.45) is 5.11 Å². The van der Waals surface area contributed by atoms with Gasteiger partial charge in [-0.25, -0.2) is 9.59 Å². The average Bonchev–Trinajstić information content (AvgIpc) is 2.54. The van der Waals surface area contributed by atoms with Crippen LogP contribution in [0.2, 0.25) is 0 Å². The van der Waals surface area contributed by atoms with Crippen LogP contribution in [0, 0.1) is 0 Å². The molecule has 0 rings (SSSR count). The fourth-order valence-electron chi connectivity index (χ4n) is 1.79. The van der Waals surface area contributed by atoms with Gasteiger partial charge in [-0.15, -0.1) is 0 Å². The number of hydrogen-bond acceptors (Lipinski definition) is 6. The number of rotatable bonds is 13. The number of carbonyl (C=O) groups excluding carboxylic acids is 2. The molecule has 13 heteroatoms. The predicted octanol–water partition coefficient (Wildman–Crippen LogP) is -0.529. The molecule has 0 radical (unpaired) electrons. The van der Waals surface area contributed by atoms with Crippen LogP contribution < -0.4 is 10.6 Å². The normalized spacial score (nSPS) is 12.2. The molecule has 0 saturated heterocycles. The number of nitrogens with one attached hydrogen (secondary N) is 2. The minimum Gasteiger partial charge on any atom is -0.481 e. The molecule has 0 aromatic carbocycles. The van der Waals surface area contributed by atoms with Crippen LogP contribution in [-0.2, 0) is 24.0 Å². The van der Waals surface area contributed by atoms with Gasteiger partial charge in [0.2, 0.25) is 11.8 Å². The molecule has 0 heterocycles. The summed E-state index contributed by atoms with van der Waals surface area (Å²) in [5, 5.41) is 33.9. The monoisotopic (exact) mass is 373 g/mol. The number of amides is 2. The van der Waals surface area contributed by atoms with Gasteiger partial charge in [-0.1, -0.05) is 5.11 Å². The van der Waals surface area contributed by atoms with Crippen molar-refractivity contribution in [2.75, 3.05) is 6.54 Å². The Hall–Kier alpha value is -3.34. The third-order valence-corrected chi connectivity index (χ3v) is 3.03. The molecule has 0 unspecified atom stereocenters. The summed E-state index contributed by atoms with van der Waals surface area (Å²) in [5.74, 6) is -5.86. The summed E-state index contributed by atoms with van der Waals surface area (Å²) >= 11 is 0. The molecule has 0 aliphatic heterocycles. The van der Waals surface area contributed by atoms with Crippen molar-refractivity contribution in [1.29, 1.82) is 0 Å². The maximum atomic E-state index is 11.8. The molecule has 5 N–H and O–H groups in total. The van der Waals surface area contributed by atoms with E-state index in [1.807, 2.05) is 5.32 Å². The van der Waals surface area contributed by atoms with Crippen LogP contribution in [0.3, 0.4) is 0 Å². The summed E-state index contributed by atoms with van der Waals surface area (Å²) in [4.78, 5) is 58.5. The largest absolute Gasteiger partial charge is 0.481 e. The van der Waals surface area contributed by atoms with Crippen LogP contribution in [0.15, 0.2) is 5.11 Å². The molecule has 0 aromatic heterocycles. The van der Waals surface area contributed by atoms with Crippen molar-refractivity contribution in [1.82, 2.24) is 10.6 Å². The van der Waals surface area contributed by atoms with E-state index in [1.165, 1.54) is 0 Å². The van der Waals surface area contributed by atoms with Gasteiger partial charge in [0.1, 0.15) is 12.1 Å². The fourth-order valence-corrected chi connectivity index (χ4v) is 1.79. The first-order chi connectivity index (χ1) is 12.2. The summed E-state index contributed by atoms with van der Waals surface area (Å²) in [6, 6.07) is -3.08. The number of carbonyl (C=O) groups is 5. The number of carboxylic acid groups (broad SMARTS) is 3. The number of carboxylic acids is 3. The molecule has 0 aromatic rings. The molecule has 2 amide bonds. The predicted molar refractivity (Wildman–Crippen MR) is 83.9 cm³/mol. The van der Waals surface area contributed by atoms with Crippen LogP contribution in [-0.4, -0.2) is 63.7 Å². The van der Waals surface area contributed by atoms with Crippen molar-refractivity contribution in [3.05, 3.63) is 10.4 Å². The van der Waals surface area contributed by atoms with Crippen molar-refractivity contribution in [3.63, 3.8) is 0 Å². The first-order valence-electron chi connectivity index (χ1n) is 7.44. The SMILES string of the molecule is [N-]=[N+]=NCCCC(=O)N[C@H](CC(=O)N[C@@H](CCC(=O)O)C(=O)O)C(=O)O. The van der Waals surface area contributed by atoms with E-state index in [-0.39, 0.29) is 25.8 Å². The van der Waals surface area contributed by atoms with Gasteiger partial charge in [-0.2, -0.15) is 0 Å². The summed E-state index contributed by atoms with van der Waals surface area (Å²) in [6.45, 7) is 0.0476. The zero-order valence-corrected chi connectivity index (χ0v) is 13.6. The Kier molecular flexibility index (Phi) is 10.5. The lowest BCUT2D eigenvalue weighted by Gasteiger charge is -2.17. The standard InChI is InChI=1S/C13H19N5O8/c14-18-15-5-1-2-9(19)17-8(13(25)26)6-10(20)16-7(12(23)24)3-4-11(21)22/h7-8H,1-6H2,(H,16,20)(H,17,19)(H,21,22)(H,23,24)(H,25,26)/t7-,8+/m0/s1. The van der Waals surface area contributed by atoms with Crippen LogP contribution in [0.1, 0.15) is 32.1 Å². The molecule has 0 spiro atoms. The topological polar surface area (TPSA) is 219 Å². The fraction of sp³-hybridized carbons (Fsp3) is 0.615. The first kappa shape index (κ1) is 22.7. The number of nitrogens with zero attached hydrogens (tertiary/aromatic N) is 3. The number of hydrogen-bond donors (Lipinski definition) is 5. The molecule has 0 aliphatic rings. The highest BCUT2D eigenvalue weighted by Gasteiger charge is 2.26. The summed E-state index contributed by atoms with van der Waals surface area (Å²) < 4.78 is 0. The molecule has 26 heavy (non-hydrogen) atoms. The van der Waals surface area contributed by atoms with E-state index >= 15 is 0 Å². The van der Waals surface area contributed by atoms with Crippen molar-refractivity contribution in [2.45, 2.75) is 44.2 Å². The summed E-state index contributed by atoms with van der Waals surface area (Å²) in [7, 11) is 0. The van der Waals surface area contributed by atoms with Crippen LogP contribution >= 0.6 is 0 Å². The second-order valence-electron chi connectivity index (χ2n) is 5.11. The van der Waals surface area contributed by atoms with E-state index in [0.717, 1.165) is 0 Å². The minimum absolute atomic E-state index is 0.0476. The smallest absolute Gasteiger partial charge is 0.326 e. The van der Waals surface area contributed by atoms with Crippen LogP contribution in [0.4, 0.5) is 0 Å². The molecule has 13 nitrogen and oxygen atoms in total. The minimum atomic E-state index is -1.59. The zero-order valence-electron chi connectivity index (χ0n) is 13.6. The molecule has 0 saturated carbocycles. The molecule has 0 bridgehead atoms. The van der Waals surface area contributed by atoms with Gasteiger partial charge in [-0.3, -0.25) is 14.4 Å². The zero-order chi connectivity index (χ0) is 20.1. The second kappa shape index (κ2) is 12.1. The first-order valence-corrected chi connectivity index (χ1v) is 7.44. The highest BCUT2D eigenvalue weighted by molar-refractivity contribution is 5.90. The second-order valence-corrected chi connectivity index (χ2v) is 5.11. The van der Waals surface area contributed by atoms with E-state index in [1.54, 1.807) is 0 Å². The van der Waals surface area contributed by atoms with Crippen molar-refractivity contribution >= 4 is 29.7 Å². The van der Waals surface area contributed by atoms with Gasteiger partial charge in [0, 0.05) is 24.3 Å². The number of azide groups is 1. The Balaban J connectivity index is 4.62. The maximum Gasteiger partial charge on any atom is 0.326 e. The van der Waals surface area contributed by atoms with Gasteiger partial charge < -0.3 is 26.0 Å². The van der Waals surface area contributed by atoms with Crippen molar-refractivity contribution in [3.8, 4) is 0 Å². The van der Waals surface area contributed by atoms with Crippen LogP contribution in [0.25, 0.3) is 10.4 Å². The Morgan fingerprint density at radius 3 is 2.00 bits per heavy atom. The van der Waals surface area contributed by atoms with Gasteiger partial charge in [-0.05, 0) is 18.4 Å². The Labute approximate surface area is 147 Å². The molecular weight excluding hydrogens is 354 g/mol. The Morgan fingerprint density at radius 1 is 0.923 bits per heavy atom. The van der Waals surface area contributed by atoms with Crippen molar-refractivity contribution < 1.29 is 39.3 Å². The Bertz CT molecular complexity index is 601. The molecule has 2 atom stereocenters. The van der Waals surface area contributed by atoms with E-state index in [9.17, 15) is 24.0 Å². The summed E-state index contributed by atoms with van der Waals surface area (Å²) in [5.41, 5.74) is 8.09. The van der Waals surface area contributed by atoms with Gasteiger partial charge >= 0.3 is 17.9 Å². The quantitative estimate of drug-likeness (QED) is 0.122. The third kappa shape index (κ3) is 10.4. The van der Waals surface area contributed by atoms with E-state index in [0.29, 0.717) is 0 Å². The van der Waals surface area contributed by atoms with Crippen LogP contribution in [0.5, 0.6) is 0 Å². The highest BCUT2D eigenvalue weighted by Crippen LogP contribution is 2.01. The molecule has 144 valence electrons. The van der Waals surface area contributed by atoms with Gasteiger partial charge in [0.25, 0.3) is 0 Å². The lowest BCUT2D eigenvalue weighted by molar-refractivity contribution is -0.145. The summed E-state index contributed by atoms with van der Waals surface area (Å²) in [6.07, 6.45) is -1.54. The maximum absolute atomic E-state index is 11.8. The van der Waals surface area contributed by atoms with E-state index in [2.05, 4.69) is 15.3 Å². The average molecular weight is 373 g/mol. The third-order valence-electron chi connectivity index (χ3n) is 3.03. The molecular formula is C13H19N5O8. The van der Waals surface area contributed by atoms with E-state index in [4.69, 9.17) is 20.9 Å². The molecule has 0 fully saturated rings. The molecule has 0 aliphatic carbocycles. The van der Waals surface area contributed by atoms with E-state index < -0.39 is 54.6 Å². The Morgan fingerprint density at radius 2 is 1.50 bits per heavy atom. The van der Waals surface area contributed by atoms with Gasteiger partial charge in [0.15, 0.2) is 0 Å². The highest BCUT2D eigenvalue weighted by atomic mass is 16.4. The lowest BCUT2D eigenvalue weighted by atomic mass is 10.1. The lowest BCUT2D eigenvalue weighted by Crippen LogP contribution is -2.47.